The summed E-state index contributed by atoms with van der Waals surface area (Å²) in [6.07, 6.45) is 0. The van der Waals surface area contributed by atoms with Crippen molar-refractivity contribution >= 4 is 7.32 Å². The maximum absolute atomic E-state index is 8.42. The summed E-state index contributed by atoms with van der Waals surface area (Å²) in [6.45, 7) is 0.696. The molecule has 0 unspecified atom stereocenters. The van der Waals surface area contributed by atoms with Crippen molar-refractivity contribution in [2.75, 3.05) is 26.4 Å². The fraction of sp³-hybridized carbons (Fsp3) is 1.00. The molecule has 0 aliphatic carbocycles. The van der Waals surface area contributed by atoms with Gasteiger partial charge in [0.25, 0.3) is 0 Å². The van der Waals surface area contributed by atoms with E-state index in [-0.39, 0.29) is 167 Å². The van der Waals surface area contributed by atoms with Crippen LogP contribution in [0.15, 0.2) is 0 Å². The van der Waals surface area contributed by atoms with E-state index in [4.69, 9.17) is 25.3 Å². The molecule has 10 heteroatoms. The van der Waals surface area contributed by atoms with Crippen LogP contribution in [0.1, 0.15) is 0 Å². The largest absolute Gasteiger partial charge is 1.00 e. The van der Waals surface area contributed by atoms with Crippen LogP contribution in [-0.4, -0.2) is 44.0 Å². The normalized spacial score (nSPS) is 6.64. The molecular weight excluding hydrogens is 272 g/mol. The third-order valence-electron chi connectivity index (χ3n) is 0.471. The van der Waals surface area contributed by atoms with Gasteiger partial charge in [-0.1, -0.05) is 0 Å². The van der Waals surface area contributed by atoms with Gasteiger partial charge in [-0.2, -0.15) is 0 Å². The summed E-state index contributed by atoms with van der Waals surface area (Å²) >= 11 is 0. The average molecular weight is 282 g/mol. The Hall–Kier alpha value is 4.73. The number of aliphatic hydroxyl groups is 2. The molecule has 0 radical (unpaired) electrons. The quantitative estimate of drug-likeness (QED) is 0.390. The molecule has 68 valence electrons. The van der Waals surface area contributed by atoms with Gasteiger partial charge in [0, 0.05) is 0 Å². The van der Waals surface area contributed by atoms with Crippen molar-refractivity contribution in [3.05, 3.63) is 0 Å². The smallest absolute Gasteiger partial charge is 0.907 e. The van der Waals surface area contributed by atoms with Gasteiger partial charge in [0.1, 0.15) is 0 Å². The molecule has 0 rings (SSSR count). The molecule has 0 heterocycles. The molecule has 0 saturated heterocycles. The van der Waals surface area contributed by atoms with E-state index in [1.54, 1.807) is 0 Å². The van der Waals surface area contributed by atoms with E-state index in [1.807, 2.05) is 0 Å². The first kappa shape index (κ1) is 31.2. The van der Waals surface area contributed by atoms with Gasteiger partial charge >= 0.3 is 154 Å². The van der Waals surface area contributed by atoms with E-state index in [1.165, 1.54) is 0 Å². The minimum Gasteiger partial charge on any atom is -0.907 e. The Kier molecular flexibility index (Phi) is 68.3. The Morgan fingerprint density at radius 2 is 1.07 bits per heavy atom. The molecule has 0 atom stereocenters. The summed E-state index contributed by atoms with van der Waals surface area (Å²) < 4.78 is 4.63. The predicted octanol–water partition coefficient (Wildman–Crippen LogP) is -13.9. The Morgan fingerprint density at radius 3 is 1.21 bits per heavy atom. The van der Waals surface area contributed by atoms with Crippen LogP contribution >= 0.6 is 0 Å². The van der Waals surface area contributed by atoms with Crippen LogP contribution < -0.4 is 169 Å². The van der Waals surface area contributed by atoms with Gasteiger partial charge in [-0.05, 0) is 0 Å². The molecule has 0 spiro atoms. The maximum Gasteiger partial charge on any atom is 1.00 e. The van der Waals surface area contributed by atoms with Crippen LogP contribution in [0.4, 0.5) is 0 Å². The van der Waals surface area contributed by atoms with Gasteiger partial charge in [-0.25, -0.2) is 0 Å². The SMILES string of the molecule is OCCOCCO.[K+].[K+].[K+].[O-]B([O-])[O-]. The zero-order valence-corrected chi connectivity index (χ0v) is 18.3. The number of hydrogen-bond donors (Lipinski definition) is 2. The van der Waals surface area contributed by atoms with E-state index >= 15 is 0 Å². The molecule has 2 N–H and O–H groups in total. The summed E-state index contributed by atoms with van der Waals surface area (Å²) in [6, 6.07) is 0. The van der Waals surface area contributed by atoms with Gasteiger partial charge in [0.2, 0.25) is 0 Å². The Labute approximate surface area is 212 Å². The Bertz CT molecular complexity index is 64.3. The van der Waals surface area contributed by atoms with Crippen LogP contribution in [-0.2, 0) is 4.74 Å². The monoisotopic (exact) mass is 282 g/mol. The predicted molar refractivity (Wildman–Crippen MR) is 30.7 cm³/mol. The first-order valence-corrected chi connectivity index (χ1v) is 2.92. The van der Waals surface area contributed by atoms with E-state index in [0.717, 1.165) is 0 Å². The van der Waals surface area contributed by atoms with Crippen LogP contribution in [0.25, 0.3) is 0 Å². The summed E-state index contributed by atoms with van der Waals surface area (Å²) in [4.78, 5) is 0. The second kappa shape index (κ2) is 30.6. The number of aliphatic hydroxyl groups excluding tert-OH is 2. The van der Waals surface area contributed by atoms with Crippen LogP contribution in [0, 0.1) is 0 Å². The second-order valence-corrected chi connectivity index (χ2v) is 1.35. The zero-order chi connectivity index (χ0) is 9.11. The van der Waals surface area contributed by atoms with Crippen molar-refractivity contribution in [3.63, 3.8) is 0 Å². The van der Waals surface area contributed by atoms with Crippen molar-refractivity contribution in [2.45, 2.75) is 0 Å². The second-order valence-electron chi connectivity index (χ2n) is 1.35. The van der Waals surface area contributed by atoms with Gasteiger partial charge < -0.3 is 30.0 Å². The van der Waals surface area contributed by atoms with Gasteiger partial charge in [-0.3, -0.25) is 7.32 Å². The molecule has 6 nitrogen and oxygen atoms in total. The van der Waals surface area contributed by atoms with Gasteiger partial charge in [0.05, 0.1) is 26.4 Å². The average Bonchev–Trinajstić information content (AvgIpc) is 1.88. The zero-order valence-electron chi connectivity index (χ0n) is 8.93. The number of ether oxygens (including phenoxy) is 1. The third kappa shape index (κ3) is 54.3. The van der Waals surface area contributed by atoms with Crippen LogP contribution in [0.3, 0.4) is 0 Å². The Balaban J connectivity index is -0.0000000347. The molecule has 0 bridgehead atoms. The third-order valence-corrected chi connectivity index (χ3v) is 0.471. The molecule has 0 aromatic carbocycles. The van der Waals surface area contributed by atoms with Crippen LogP contribution in [0.5, 0.6) is 0 Å². The topological polar surface area (TPSA) is 119 Å². The van der Waals surface area contributed by atoms with Crippen LogP contribution in [0.2, 0.25) is 0 Å². The molecule has 0 fully saturated rings. The van der Waals surface area contributed by atoms with Crippen molar-refractivity contribution in [1.82, 2.24) is 0 Å². The van der Waals surface area contributed by atoms with E-state index in [9.17, 15) is 0 Å². The summed E-state index contributed by atoms with van der Waals surface area (Å²) in [5.41, 5.74) is 0. The van der Waals surface area contributed by atoms with Gasteiger partial charge in [0.15, 0.2) is 0 Å². The first-order valence-electron chi connectivity index (χ1n) is 2.92. The first-order chi connectivity index (χ1) is 5.15. The van der Waals surface area contributed by atoms with Crippen molar-refractivity contribution in [1.29, 1.82) is 0 Å². The van der Waals surface area contributed by atoms with Crippen molar-refractivity contribution in [3.8, 4) is 0 Å². The fourth-order valence-corrected chi connectivity index (χ4v) is 0.231. The molecule has 0 aliphatic rings. The molecule has 0 aromatic heterocycles. The van der Waals surface area contributed by atoms with Crippen molar-refractivity contribution in [2.24, 2.45) is 0 Å². The molecule has 0 aliphatic heterocycles. The summed E-state index contributed by atoms with van der Waals surface area (Å²) in [7, 11) is -2.92. The maximum atomic E-state index is 8.42. The minimum absolute atomic E-state index is 0. The molecule has 14 heavy (non-hydrogen) atoms. The van der Waals surface area contributed by atoms with E-state index in [0.29, 0.717) is 13.2 Å². The summed E-state index contributed by atoms with van der Waals surface area (Å²) in [5.74, 6) is 0. The Morgan fingerprint density at radius 1 is 0.857 bits per heavy atom. The minimum atomic E-state index is -2.92. The molecule has 0 aromatic rings. The number of hydrogen-bond acceptors (Lipinski definition) is 6. The molecule has 0 amide bonds. The summed E-state index contributed by atoms with van der Waals surface area (Å²) in [5, 5.41) is 41.4. The number of rotatable bonds is 4. The molecular formula is C4H10BK3O6. The van der Waals surface area contributed by atoms with E-state index in [2.05, 4.69) is 4.74 Å². The van der Waals surface area contributed by atoms with E-state index < -0.39 is 7.32 Å². The van der Waals surface area contributed by atoms with Crippen molar-refractivity contribution < 1.29 is 184 Å². The standard InChI is InChI=1S/C4H10O3.BO3.3K/c5-1-3-7-4-2-6;2-1(3)4;;;/h5-6H,1-4H2;;;;/q;-3;3*+1. The molecule has 0 saturated carbocycles. The fourth-order valence-electron chi connectivity index (χ4n) is 0.231. The van der Waals surface area contributed by atoms with Gasteiger partial charge in [-0.15, -0.1) is 0 Å².